The highest BCUT2D eigenvalue weighted by atomic mass is 16.2. The number of pyridine rings is 1. The fourth-order valence-corrected chi connectivity index (χ4v) is 2.47. The van der Waals surface area contributed by atoms with Crippen molar-refractivity contribution in [3.05, 3.63) is 47.5 Å². The summed E-state index contributed by atoms with van der Waals surface area (Å²) in [6, 6.07) is 3.37. The van der Waals surface area contributed by atoms with Crippen molar-refractivity contribution < 1.29 is 4.79 Å². The molecule has 0 aliphatic carbocycles. The third-order valence-corrected chi connectivity index (χ3v) is 3.97. The van der Waals surface area contributed by atoms with Crippen LogP contribution in [-0.4, -0.2) is 20.8 Å². The highest BCUT2D eigenvalue weighted by Gasteiger charge is 2.20. The first-order chi connectivity index (χ1) is 11.2. The second-order valence-electron chi connectivity index (χ2n) is 7.13. The van der Waals surface area contributed by atoms with E-state index < -0.39 is 0 Å². The van der Waals surface area contributed by atoms with Crippen LogP contribution in [0.5, 0.6) is 0 Å². The third-order valence-electron chi connectivity index (χ3n) is 3.97. The molecular formula is C18H27N5O. The number of carbonyl (C=O) groups is 1. The van der Waals surface area contributed by atoms with Crippen LogP contribution in [0.3, 0.4) is 0 Å². The molecule has 2 aromatic rings. The van der Waals surface area contributed by atoms with Gasteiger partial charge in [0.05, 0.1) is 23.3 Å². The summed E-state index contributed by atoms with van der Waals surface area (Å²) in [7, 11) is 0. The lowest BCUT2D eigenvalue weighted by Gasteiger charge is -2.19. The van der Waals surface area contributed by atoms with E-state index in [9.17, 15) is 4.79 Å². The zero-order valence-electron chi connectivity index (χ0n) is 15.3. The standard InChI is InChI=1S/C18H27N5O/c1-12(15-8-7-9-19-10-15)20-17(24)21-13(2)16-11-23(18(4,5)6)22-14(16)3/h7-13H,1-6H3,(H2,20,21,24)/t12-,13+/m1/s1. The van der Waals surface area contributed by atoms with Gasteiger partial charge < -0.3 is 10.6 Å². The Hall–Kier alpha value is -2.37. The Morgan fingerprint density at radius 1 is 1.21 bits per heavy atom. The van der Waals surface area contributed by atoms with Crippen LogP contribution in [-0.2, 0) is 5.54 Å². The molecule has 2 heterocycles. The lowest BCUT2D eigenvalue weighted by atomic mass is 10.1. The molecule has 0 saturated carbocycles. The maximum absolute atomic E-state index is 12.3. The van der Waals surface area contributed by atoms with Crippen LogP contribution in [0.2, 0.25) is 0 Å². The van der Waals surface area contributed by atoms with Crippen LogP contribution >= 0.6 is 0 Å². The molecule has 6 nitrogen and oxygen atoms in total. The number of nitrogens with zero attached hydrogens (tertiary/aromatic N) is 3. The van der Waals surface area contributed by atoms with Crippen molar-refractivity contribution in [2.24, 2.45) is 0 Å². The van der Waals surface area contributed by atoms with E-state index in [4.69, 9.17) is 0 Å². The Labute approximate surface area is 143 Å². The Balaban J connectivity index is 2.00. The van der Waals surface area contributed by atoms with Gasteiger partial charge in [0.1, 0.15) is 0 Å². The highest BCUT2D eigenvalue weighted by molar-refractivity contribution is 5.74. The van der Waals surface area contributed by atoms with E-state index in [1.54, 1.807) is 12.4 Å². The molecule has 0 aliphatic rings. The predicted molar refractivity (Wildman–Crippen MR) is 94.7 cm³/mol. The van der Waals surface area contributed by atoms with Gasteiger partial charge in [-0.25, -0.2) is 4.79 Å². The molecule has 2 N–H and O–H groups in total. The Morgan fingerprint density at radius 2 is 1.88 bits per heavy atom. The Morgan fingerprint density at radius 3 is 2.42 bits per heavy atom. The van der Waals surface area contributed by atoms with Crippen molar-refractivity contribution in [3.63, 3.8) is 0 Å². The van der Waals surface area contributed by atoms with E-state index in [0.29, 0.717) is 0 Å². The maximum Gasteiger partial charge on any atom is 0.315 e. The van der Waals surface area contributed by atoms with Gasteiger partial charge in [0.2, 0.25) is 0 Å². The molecule has 0 spiro atoms. The lowest BCUT2D eigenvalue weighted by Crippen LogP contribution is -2.38. The van der Waals surface area contributed by atoms with Crippen LogP contribution in [0, 0.1) is 6.92 Å². The largest absolute Gasteiger partial charge is 0.332 e. The van der Waals surface area contributed by atoms with Gasteiger partial charge in [-0.05, 0) is 53.2 Å². The molecule has 2 amide bonds. The van der Waals surface area contributed by atoms with Crippen LogP contribution in [0.4, 0.5) is 4.79 Å². The van der Waals surface area contributed by atoms with Gasteiger partial charge in [0.25, 0.3) is 0 Å². The number of hydrogen-bond donors (Lipinski definition) is 2. The SMILES string of the molecule is Cc1nn(C(C)(C)C)cc1[C@H](C)NC(=O)N[C@H](C)c1cccnc1. The molecule has 2 aromatic heterocycles. The van der Waals surface area contributed by atoms with Crippen LogP contribution in [0.25, 0.3) is 0 Å². The number of amides is 2. The van der Waals surface area contributed by atoms with Crippen molar-refractivity contribution in [3.8, 4) is 0 Å². The van der Waals surface area contributed by atoms with Crippen molar-refractivity contribution in [2.45, 2.75) is 59.2 Å². The number of nitrogens with one attached hydrogen (secondary N) is 2. The Kier molecular flexibility index (Phi) is 5.26. The van der Waals surface area contributed by atoms with Crippen LogP contribution in [0.1, 0.15) is 63.5 Å². The monoisotopic (exact) mass is 329 g/mol. The fourth-order valence-electron chi connectivity index (χ4n) is 2.47. The zero-order chi connectivity index (χ0) is 17.9. The minimum atomic E-state index is -0.207. The first-order valence-electron chi connectivity index (χ1n) is 8.22. The molecule has 0 aliphatic heterocycles. The van der Waals surface area contributed by atoms with E-state index in [-0.39, 0.29) is 23.7 Å². The first-order valence-corrected chi connectivity index (χ1v) is 8.22. The third kappa shape index (κ3) is 4.34. The second-order valence-corrected chi connectivity index (χ2v) is 7.13. The number of hydrogen-bond acceptors (Lipinski definition) is 3. The minimum absolute atomic E-state index is 0.0835. The molecule has 2 atom stereocenters. The van der Waals surface area contributed by atoms with Gasteiger partial charge in [-0.2, -0.15) is 5.10 Å². The van der Waals surface area contributed by atoms with Crippen molar-refractivity contribution >= 4 is 6.03 Å². The van der Waals surface area contributed by atoms with Crippen LogP contribution in [0.15, 0.2) is 30.7 Å². The average Bonchev–Trinajstić information content (AvgIpc) is 2.90. The minimum Gasteiger partial charge on any atom is -0.332 e. The first kappa shape index (κ1) is 18.0. The molecule has 0 saturated heterocycles. The molecule has 0 fully saturated rings. The topological polar surface area (TPSA) is 71.8 Å². The summed E-state index contributed by atoms with van der Waals surface area (Å²) in [6.45, 7) is 12.2. The van der Waals surface area contributed by atoms with Gasteiger partial charge in [-0.1, -0.05) is 6.07 Å². The molecule has 0 radical (unpaired) electrons. The van der Waals surface area contributed by atoms with E-state index in [1.165, 1.54) is 0 Å². The normalized spacial score (nSPS) is 14.1. The summed E-state index contributed by atoms with van der Waals surface area (Å²) in [6.07, 6.45) is 5.48. The predicted octanol–water partition coefficient (Wildman–Crippen LogP) is 3.46. The maximum atomic E-state index is 12.3. The van der Waals surface area contributed by atoms with Crippen molar-refractivity contribution in [1.29, 1.82) is 0 Å². The van der Waals surface area contributed by atoms with Gasteiger partial charge in [0.15, 0.2) is 0 Å². The van der Waals surface area contributed by atoms with Gasteiger partial charge in [-0.15, -0.1) is 0 Å². The Bertz CT molecular complexity index is 687. The fraction of sp³-hybridized carbons (Fsp3) is 0.500. The molecule has 6 heteroatoms. The molecular weight excluding hydrogens is 302 g/mol. The number of aromatic nitrogens is 3. The number of rotatable bonds is 4. The number of urea groups is 1. The summed E-state index contributed by atoms with van der Waals surface area (Å²) in [5.74, 6) is 0. The average molecular weight is 329 g/mol. The van der Waals surface area contributed by atoms with E-state index in [2.05, 4.69) is 41.5 Å². The quantitative estimate of drug-likeness (QED) is 0.902. The van der Waals surface area contributed by atoms with Crippen LogP contribution < -0.4 is 10.6 Å². The molecule has 2 rings (SSSR count). The van der Waals surface area contributed by atoms with E-state index in [1.807, 2.05) is 43.8 Å². The summed E-state index contributed by atoms with van der Waals surface area (Å²) in [4.78, 5) is 16.3. The smallest absolute Gasteiger partial charge is 0.315 e. The summed E-state index contributed by atoms with van der Waals surface area (Å²) < 4.78 is 1.94. The number of carbonyl (C=O) groups excluding carboxylic acids is 1. The molecule has 24 heavy (non-hydrogen) atoms. The summed E-state index contributed by atoms with van der Waals surface area (Å²) >= 11 is 0. The van der Waals surface area contributed by atoms with Gasteiger partial charge in [0, 0.05) is 24.2 Å². The highest BCUT2D eigenvalue weighted by Crippen LogP contribution is 2.21. The number of aryl methyl sites for hydroxylation is 1. The molecule has 0 aromatic carbocycles. The van der Waals surface area contributed by atoms with Crippen molar-refractivity contribution in [2.75, 3.05) is 0 Å². The van der Waals surface area contributed by atoms with Gasteiger partial charge >= 0.3 is 6.03 Å². The van der Waals surface area contributed by atoms with Gasteiger partial charge in [-0.3, -0.25) is 9.67 Å². The zero-order valence-corrected chi connectivity index (χ0v) is 15.3. The summed E-state index contributed by atoms with van der Waals surface area (Å²) in [5, 5.41) is 10.5. The molecule has 130 valence electrons. The molecule has 0 bridgehead atoms. The lowest BCUT2D eigenvalue weighted by molar-refractivity contribution is 0.235. The summed E-state index contributed by atoms with van der Waals surface area (Å²) in [5.41, 5.74) is 2.84. The van der Waals surface area contributed by atoms with E-state index >= 15 is 0 Å². The second kappa shape index (κ2) is 7.03. The molecule has 0 unspecified atom stereocenters. The van der Waals surface area contributed by atoms with E-state index in [0.717, 1.165) is 16.8 Å². The van der Waals surface area contributed by atoms with Crippen molar-refractivity contribution in [1.82, 2.24) is 25.4 Å².